The molecule has 1 atom stereocenters. The lowest BCUT2D eigenvalue weighted by Gasteiger charge is -2.24. The van der Waals surface area contributed by atoms with Crippen molar-refractivity contribution in [2.75, 3.05) is 7.05 Å². The summed E-state index contributed by atoms with van der Waals surface area (Å²) in [5.41, 5.74) is 0.941. The molecule has 0 rings (SSSR count). The lowest BCUT2D eigenvalue weighted by molar-refractivity contribution is -0.129. The molecule has 0 spiro atoms. The minimum atomic E-state index is -0.647. The van der Waals surface area contributed by atoms with Crippen molar-refractivity contribution >= 4 is 12.0 Å². The summed E-state index contributed by atoms with van der Waals surface area (Å²) in [4.78, 5) is 24.9. The van der Waals surface area contributed by atoms with Crippen LogP contribution in [-0.4, -0.2) is 29.5 Å². The Hall–Kier alpha value is -2.09. The molecule has 0 aromatic heterocycles. The zero-order valence-corrected chi connectivity index (χ0v) is 14.6. The van der Waals surface area contributed by atoms with E-state index in [1.54, 1.807) is 33.8 Å². The smallest absolute Gasteiger partial charge is 0.416 e. The topological polar surface area (TPSA) is 70.4 Å². The van der Waals surface area contributed by atoms with Crippen molar-refractivity contribution < 1.29 is 14.3 Å². The van der Waals surface area contributed by atoms with Crippen LogP contribution in [-0.2, 0) is 9.53 Å². The maximum Gasteiger partial charge on any atom is 0.416 e. The highest BCUT2D eigenvalue weighted by atomic mass is 16.6. The average molecular weight is 306 g/mol. The number of nitrogens with zero attached hydrogens (tertiary/aromatic N) is 2. The Labute approximate surface area is 133 Å². The molecule has 22 heavy (non-hydrogen) atoms. The Morgan fingerprint density at radius 3 is 2.27 bits per heavy atom. The van der Waals surface area contributed by atoms with Crippen molar-refractivity contribution in [1.82, 2.24) is 4.90 Å². The Kier molecular flexibility index (Phi) is 7.58. The van der Waals surface area contributed by atoms with Gasteiger partial charge in [0.1, 0.15) is 5.60 Å². The molecule has 122 valence electrons. The van der Waals surface area contributed by atoms with E-state index in [0.717, 1.165) is 10.5 Å². The molecule has 0 bridgehead atoms. The first-order chi connectivity index (χ1) is 9.97. The molecule has 0 saturated carbocycles. The molecular formula is C17H26N2O3. The first-order valence-electron chi connectivity index (χ1n) is 7.22. The van der Waals surface area contributed by atoms with Gasteiger partial charge >= 0.3 is 6.09 Å². The van der Waals surface area contributed by atoms with Gasteiger partial charge in [0.05, 0.1) is 6.07 Å². The fourth-order valence-corrected chi connectivity index (χ4v) is 1.45. The van der Waals surface area contributed by atoms with E-state index in [1.807, 2.05) is 26.0 Å². The third-order valence-electron chi connectivity index (χ3n) is 3.07. The molecule has 0 saturated heterocycles. The van der Waals surface area contributed by atoms with Crippen LogP contribution in [0.25, 0.3) is 0 Å². The molecule has 0 N–H and O–H groups in total. The van der Waals surface area contributed by atoms with Crippen molar-refractivity contribution in [3.05, 3.63) is 23.3 Å². The maximum atomic E-state index is 12.1. The second-order valence-corrected chi connectivity index (χ2v) is 6.41. The number of ether oxygens (including phenoxy) is 1. The van der Waals surface area contributed by atoms with Gasteiger partial charge in [-0.2, -0.15) is 5.26 Å². The lowest BCUT2D eigenvalue weighted by atomic mass is 9.97. The molecule has 5 nitrogen and oxygen atoms in total. The van der Waals surface area contributed by atoms with Crippen LogP contribution < -0.4 is 0 Å². The Morgan fingerprint density at radius 2 is 1.82 bits per heavy atom. The van der Waals surface area contributed by atoms with E-state index in [1.165, 1.54) is 7.05 Å². The molecule has 1 unspecified atom stereocenters. The molecular weight excluding hydrogens is 280 g/mol. The van der Waals surface area contributed by atoms with Gasteiger partial charge in [0.15, 0.2) is 0 Å². The highest BCUT2D eigenvalue weighted by molar-refractivity contribution is 5.91. The monoisotopic (exact) mass is 306 g/mol. The van der Waals surface area contributed by atoms with Crippen molar-refractivity contribution in [3.63, 3.8) is 0 Å². The van der Waals surface area contributed by atoms with Crippen LogP contribution >= 0.6 is 0 Å². The molecule has 0 aliphatic rings. The first-order valence-corrected chi connectivity index (χ1v) is 7.22. The molecule has 0 aromatic rings. The number of amides is 2. The number of imide groups is 1. The summed E-state index contributed by atoms with van der Waals surface area (Å²) in [6.07, 6.45) is 3.10. The molecule has 0 aromatic carbocycles. The van der Waals surface area contributed by atoms with E-state index in [2.05, 4.69) is 0 Å². The highest BCUT2D eigenvalue weighted by Crippen LogP contribution is 2.17. The molecule has 2 amide bonds. The van der Waals surface area contributed by atoms with Gasteiger partial charge in [-0.05, 0) is 46.6 Å². The zero-order valence-electron chi connectivity index (χ0n) is 14.6. The van der Waals surface area contributed by atoms with E-state index in [9.17, 15) is 9.59 Å². The minimum absolute atomic E-state index is 0.0277. The average Bonchev–Trinajstić information content (AvgIpc) is 2.41. The van der Waals surface area contributed by atoms with Gasteiger partial charge in [0, 0.05) is 19.0 Å². The standard InChI is InChI=1S/C17H26N2O3/c1-12(11-18)8-9-13(2)14(3)10-15(20)19(7)16(21)22-17(4,5)6/h8-9,14H,10H2,1-7H3. The molecule has 0 aliphatic heterocycles. The summed E-state index contributed by atoms with van der Waals surface area (Å²) < 4.78 is 5.16. The lowest BCUT2D eigenvalue weighted by Crippen LogP contribution is -2.38. The predicted molar refractivity (Wildman–Crippen MR) is 85.9 cm³/mol. The van der Waals surface area contributed by atoms with Gasteiger partial charge in [-0.3, -0.25) is 9.69 Å². The van der Waals surface area contributed by atoms with Gasteiger partial charge in [0.25, 0.3) is 0 Å². The van der Waals surface area contributed by atoms with E-state index in [0.29, 0.717) is 5.57 Å². The van der Waals surface area contributed by atoms with Crippen molar-refractivity contribution in [2.24, 2.45) is 5.92 Å². The van der Waals surface area contributed by atoms with Crippen molar-refractivity contribution in [3.8, 4) is 6.07 Å². The van der Waals surface area contributed by atoms with Crippen LogP contribution in [0.3, 0.4) is 0 Å². The number of hydrogen-bond donors (Lipinski definition) is 0. The number of nitriles is 1. The largest absolute Gasteiger partial charge is 0.443 e. The molecule has 0 aliphatic carbocycles. The Bertz CT molecular complexity index is 519. The summed E-state index contributed by atoms with van der Waals surface area (Å²) in [6.45, 7) is 10.8. The van der Waals surface area contributed by atoms with Crippen LogP contribution in [0.1, 0.15) is 48.0 Å². The number of rotatable bonds is 4. The summed E-state index contributed by atoms with van der Waals surface area (Å²) in [5.74, 6) is -0.324. The summed E-state index contributed by atoms with van der Waals surface area (Å²) in [7, 11) is 1.42. The van der Waals surface area contributed by atoms with Gasteiger partial charge < -0.3 is 4.74 Å². The second kappa shape index (κ2) is 8.38. The summed E-state index contributed by atoms with van der Waals surface area (Å²) in [6, 6.07) is 2.04. The van der Waals surface area contributed by atoms with Gasteiger partial charge in [-0.15, -0.1) is 0 Å². The summed E-state index contributed by atoms with van der Waals surface area (Å²) >= 11 is 0. The second-order valence-electron chi connectivity index (χ2n) is 6.41. The number of carbonyl (C=O) groups excluding carboxylic acids is 2. The SMILES string of the molecule is CC(C#N)=CC=C(C)C(C)CC(=O)N(C)C(=O)OC(C)(C)C. The Morgan fingerprint density at radius 1 is 1.27 bits per heavy atom. The van der Waals surface area contributed by atoms with E-state index in [-0.39, 0.29) is 18.2 Å². The van der Waals surface area contributed by atoms with Crippen molar-refractivity contribution in [2.45, 2.75) is 53.6 Å². The summed E-state index contributed by atoms with van der Waals surface area (Å²) in [5, 5.41) is 8.70. The van der Waals surface area contributed by atoms with Crippen LogP contribution in [0.4, 0.5) is 4.79 Å². The molecule has 0 heterocycles. The third kappa shape index (κ3) is 7.63. The molecule has 0 fully saturated rings. The normalized spacial score (nSPS) is 14.1. The van der Waals surface area contributed by atoms with Crippen LogP contribution in [0, 0.1) is 17.2 Å². The van der Waals surface area contributed by atoms with Gasteiger partial charge in [-0.1, -0.05) is 18.6 Å². The highest BCUT2D eigenvalue weighted by Gasteiger charge is 2.24. The van der Waals surface area contributed by atoms with Crippen LogP contribution in [0.15, 0.2) is 23.3 Å². The van der Waals surface area contributed by atoms with Gasteiger partial charge in [0.2, 0.25) is 5.91 Å². The molecule has 5 heteroatoms. The van der Waals surface area contributed by atoms with E-state index < -0.39 is 11.7 Å². The molecule has 0 radical (unpaired) electrons. The fraction of sp³-hybridized carbons (Fsp3) is 0.588. The predicted octanol–water partition coefficient (Wildman–Crippen LogP) is 3.82. The van der Waals surface area contributed by atoms with Crippen LogP contribution in [0.2, 0.25) is 0 Å². The quantitative estimate of drug-likeness (QED) is 0.584. The minimum Gasteiger partial charge on any atom is -0.443 e. The zero-order chi connectivity index (χ0) is 17.5. The fourth-order valence-electron chi connectivity index (χ4n) is 1.45. The van der Waals surface area contributed by atoms with E-state index in [4.69, 9.17) is 10.00 Å². The Balaban J connectivity index is 4.72. The van der Waals surface area contributed by atoms with Gasteiger partial charge in [-0.25, -0.2) is 4.79 Å². The van der Waals surface area contributed by atoms with E-state index >= 15 is 0 Å². The van der Waals surface area contributed by atoms with Crippen molar-refractivity contribution in [1.29, 1.82) is 5.26 Å². The third-order valence-corrected chi connectivity index (χ3v) is 3.07. The maximum absolute atomic E-state index is 12.1. The number of carbonyl (C=O) groups is 2. The number of allylic oxidation sites excluding steroid dienone is 4. The first kappa shape index (κ1) is 19.9. The van der Waals surface area contributed by atoms with Crippen LogP contribution in [0.5, 0.6) is 0 Å². The number of hydrogen-bond acceptors (Lipinski definition) is 4.